The fourth-order valence-electron chi connectivity index (χ4n) is 3.33. The van der Waals surface area contributed by atoms with Crippen LogP contribution in [0.1, 0.15) is 50.2 Å². The summed E-state index contributed by atoms with van der Waals surface area (Å²) in [6.45, 7) is 6.75. The van der Waals surface area contributed by atoms with Crippen LogP contribution in [0.2, 0.25) is 0 Å². The number of benzene rings is 2. The molecule has 27 heavy (non-hydrogen) atoms. The van der Waals surface area contributed by atoms with Crippen LogP contribution in [0.4, 0.5) is 11.4 Å². The number of hydrogen-bond acceptors (Lipinski definition) is 3. The largest absolute Gasteiger partial charge is 0.312 e. The molecule has 0 saturated carbocycles. The van der Waals surface area contributed by atoms with Gasteiger partial charge in [0.25, 0.3) is 10.0 Å². The topological polar surface area (TPSA) is 66.5 Å². The molecular formula is C21H26N2O3S. The molecule has 1 aliphatic heterocycles. The average molecular weight is 387 g/mol. The lowest BCUT2D eigenvalue weighted by Crippen LogP contribution is -2.35. The number of hydrogen-bond donors (Lipinski definition) is 1. The number of aryl methyl sites for hydroxylation is 1. The van der Waals surface area contributed by atoms with Crippen molar-refractivity contribution in [1.29, 1.82) is 0 Å². The van der Waals surface area contributed by atoms with Crippen molar-refractivity contribution in [2.45, 2.75) is 50.8 Å². The molecule has 2 aromatic carbocycles. The molecule has 1 heterocycles. The molecular weight excluding hydrogens is 360 g/mol. The molecule has 5 nitrogen and oxygen atoms in total. The number of nitrogens with one attached hydrogen (secondary N) is 1. The molecule has 0 spiro atoms. The van der Waals surface area contributed by atoms with Crippen LogP contribution in [0.25, 0.3) is 0 Å². The van der Waals surface area contributed by atoms with Gasteiger partial charge < -0.3 is 4.90 Å². The Balaban J connectivity index is 1.80. The number of piperidine rings is 1. The molecule has 1 aliphatic rings. The number of carbonyl (C=O) groups excluding carboxylic acids is 1. The fraction of sp³-hybridized carbons (Fsp3) is 0.381. The van der Waals surface area contributed by atoms with Gasteiger partial charge >= 0.3 is 0 Å². The summed E-state index contributed by atoms with van der Waals surface area (Å²) in [6, 6.07) is 12.3. The van der Waals surface area contributed by atoms with E-state index in [2.05, 4.69) is 18.6 Å². The van der Waals surface area contributed by atoms with Crippen molar-refractivity contribution in [3.05, 3.63) is 53.6 Å². The van der Waals surface area contributed by atoms with Gasteiger partial charge in [0.15, 0.2) is 0 Å². The summed E-state index contributed by atoms with van der Waals surface area (Å²) in [4.78, 5) is 14.2. The van der Waals surface area contributed by atoms with Crippen LogP contribution in [0, 0.1) is 6.92 Å². The molecule has 0 bridgehead atoms. The number of nitrogens with zero attached hydrogens (tertiary/aromatic N) is 1. The molecule has 144 valence electrons. The van der Waals surface area contributed by atoms with Gasteiger partial charge in [0, 0.05) is 24.3 Å². The smallest absolute Gasteiger partial charge is 0.261 e. The minimum atomic E-state index is -3.65. The van der Waals surface area contributed by atoms with Crippen molar-refractivity contribution >= 4 is 27.3 Å². The third kappa shape index (κ3) is 4.33. The molecule has 1 fully saturated rings. The van der Waals surface area contributed by atoms with Crippen LogP contribution in [-0.2, 0) is 14.8 Å². The molecule has 1 saturated heterocycles. The molecule has 3 rings (SSSR count). The van der Waals surface area contributed by atoms with Gasteiger partial charge in [0.2, 0.25) is 5.91 Å². The van der Waals surface area contributed by atoms with Crippen molar-refractivity contribution < 1.29 is 13.2 Å². The van der Waals surface area contributed by atoms with Crippen molar-refractivity contribution in [2.75, 3.05) is 16.2 Å². The first-order chi connectivity index (χ1) is 12.8. The second-order valence-corrected chi connectivity index (χ2v) is 9.02. The summed E-state index contributed by atoms with van der Waals surface area (Å²) in [5.74, 6) is 0.477. The average Bonchev–Trinajstić information content (AvgIpc) is 2.62. The number of rotatable bonds is 5. The van der Waals surface area contributed by atoms with Crippen LogP contribution in [0.15, 0.2) is 47.4 Å². The van der Waals surface area contributed by atoms with Gasteiger partial charge in [-0.1, -0.05) is 26.0 Å². The summed E-state index contributed by atoms with van der Waals surface area (Å²) in [7, 11) is -3.65. The summed E-state index contributed by atoms with van der Waals surface area (Å²) in [5, 5.41) is 0. The maximum absolute atomic E-state index is 12.7. The second kappa shape index (κ2) is 7.72. The highest BCUT2D eigenvalue weighted by atomic mass is 32.2. The summed E-state index contributed by atoms with van der Waals surface area (Å²) in [6.07, 6.45) is 2.49. The van der Waals surface area contributed by atoms with Crippen molar-refractivity contribution in [3.63, 3.8) is 0 Å². The van der Waals surface area contributed by atoms with E-state index in [1.807, 2.05) is 25.1 Å². The quantitative estimate of drug-likeness (QED) is 0.826. The number of sulfonamides is 1. The van der Waals surface area contributed by atoms with Gasteiger partial charge in [-0.2, -0.15) is 0 Å². The minimum absolute atomic E-state index is 0.128. The molecule has 0 aliphatic carbocycles. The zero-order chi connectivity index (χ0) is 19.6. The Morgan fingerprint density at radius 3 is 2.33 bits per heavy atom. The van der Waals surface area contributed by atoms with E-state index in [1.54, 1.807) is 29.2 Å². The first kappa shape index (κ1) is 19.4. The monoisotopic (exact) mass is 386 g/mol. The van der Waals surface area contributed by atoms with Crippen molar-refractivity contribution in [2.24, 2.45) is 0 Å². The van der Waals surface area contributed by atoms with Gasteiger partial charge in [-0.15, -0.1) is 0 Å². The van der Waals surface area contributed by atoms with Gasteiger partial charge in [0.1, 0.15) is 0 Å². The first-order valence-electron chi connectivity index (χ1n) is 9.32. The number of amides is 1. The Labute approximate surface area is 161 Å². The molecule has 1 N–H and O–H groups in total. The Morgan fingerprint density at radius 1 is 1.04 bits per heavy atom. The highest BCUT2D eigenvalue weighted by molar-refractivity contribution is 7.92. The SMILES string of the molecule is Cc1cc(NS(=O)(=O)c2ccc(C(C)C)cc2)ccc1N1CCCCC1=O. The lowest BCUT2D eigenvalue weighted by molar-refractivity contribution is -0.119. The summed E-state index contributed by atoms with van der Waals surface area (Å²) < 4.78 is 27.9. The highest BCUT2D eigenvalue weighted by Crippen LogP contribution is 2.28. The third-order valence-electron chi connectivity index (χ3n) is 4.92. The van der Waals surface area contributed by atoms with Crippen LogP contribution in [0.3, 0.4) is 0 Å². The molecule has 1 amide bonds. The lowest BCUT2D eigenvalue weighted by Gasteiger charge is -2.28. The van der Waals surface area contributed by atoms with E-state index >= 15 is 0 Å². The van der Waals surface area contributed by atoms with Gasteiger partial charge in [0.05, 0.1) is 4.90 Å². The highest BCUT2D eigenvalue weighted by Gasteiger charge is 2.21. The van der Waals surface area contributed by atoms with Crippen molar-refractivity contribution in [1.82, 2.24) is 0 Å². The first-order valence-corrected chi connectivity index (χ1v) is 10.8. The zero-order valence-electron chi connectivity index (χ0n) is 16.0. The number of carbonyl (C=O) groups is 1. The number of anilines is 2. The predicted molar refractivity (Wildman–Crippen MR) is 109 cm³/mol. The van der Waals surface area contributed by atoms with E-state index in [-0.39, 0.29) is 10.8 Å². The standard InChI is InChI=1S/C21H26N2O3S/c1-15(2)17-7-10-19(11-8-17)27(25,26)22-18-9-12-20(16(3)14-18)23-13-5-4-6-21(23)24/h7-12,14-15,22H,4-6,13H2,1-3H3. The molecule has 6 heteroatoms. The van der Waals surface area contributed by atoms with Crippen LogP contribution in [0.5, 0.6) is 0 Å². The Bertz CT molecular complexity index is 934. The van der Waals surface area contributed by atoms with E-state index in [0.29, 0.717) is 24.6 Å². The maximum atomic E-state index is 12.7. The van der Waals surface area contributed by atoms with E-state index in [0.717, 1.165) is 29.7 Å². The Kier molecular flexibility index (Phi) is 5.56. The third-order valence-corrected chi connectivity index (χ3v) is 6.32. The van der Waals surface area contributed by atoms with E-state index in [4.69, 9.17) is 0 Å². The molecule has 0 radical (unpaired) electrons. The van der Waals surface area contributed by atoms with Gasteiger partial charge in [-0.05, 0) is 67.1 Å². The lowest BCUT2D eigenvalue weighted by atomic mass is 10.0. The molecule has 0 aromatic heterocycles. The van der Waals surface area contributed by atoms with E-state index < -0.39 is 10.0 Å². The van der Waals surface area contributed by atoms with Crippen LogP contribution >= 0.6 is 0 Å². The fourth-order valence-corrected chi connectivity index (χ4v) is 4.38. The zero-order valence-corrected chi connectivity index (χ0v) is 16.8. The Hall–Kier alpha value is -2.34. The van der Waals surface area contributed by atoms with Crippen LogP contribution < -0.4 is 9.62 Å². The maximum Gasteiger partial charge on any atom is 0.261 e. The van der Waals surface area contributed by atoms with Gasteiger partial charge in [-0.25, -0.2) is 8.42 Å². The molecule has 0 atom stereocenters. The predicted octanol–water partition coefficient (Wildman–Crippen LogP) is 4.44. The summed E-state index contributed by atoms with van der Waals surface area (Å²) >= 11 is 0. The summed E-state index contributed by atoms with van der Waals surface area (Å²) in [5.41, 5.74) is 3.32. The second-order valence-electron chi connectivity index (χ2n) is 7.33. The van der Waals surface area contributed by atoms with Gasteiger partial charge in [-0.3, -0.25) is 9.52 Å². The van der Waals surface area contributed by atoms with Crippen molar-refractivity contribution in [3.8, 4) is 0 Å². The minimum Gasteiger partial charge on any atom is -0.312 e. The Morgan fingerprint density at radius 2 is 1.74 bits per heavy atom. The normalized spacial score (nSPS) is 15.3. The molecule has 0 unspecified atom stereocenters. The molecule has 2 aromatic rings. The van der Waals surface area contributed by atoms with Crippen LogP contribution in [-0.4, -0.2) is 20.9 Å². The van der Waals surface area contributed by atoms with E-state index in [9.17, 15) is 13.2 Å². The van der Waals surface area contributed by atoms with E-state index in [1.165, 1.54) is 0 Å².